The molecular weight excluding hydrogens is 1200 g/mol. The summed E-state index contributed by atoms with van der Waals surface area (Å²) < 4.78 is 31.5. The maximum atomic E-state index is 12.7. The summed E-state index contributed by atoms with van der Waals surface area (Å²) in [7, 11) is 3.31. The normalized spacial score (nSPS) is 12.9. The van der Waals surface area contributed by atoms with Crippen LogP contribution in [-0.4, -0.2) is 104 Å². The second-order valence-corrected chi connectivity index (χ2v) is 29.3. The Bertz CT molecular complexity index is 1490. The zero-order valence-corrected chi connectivity index (χ0v) is 64.9. The lowest BCUT2D eigenvalue weighted by Gasteiger charge is -2.28. The van der Waals surface area contributed by atoms with Crippen molar-refractivity contribution in [2.75, 3.05) is 80.2 Å². The van der Waals surface area contributed by atoms with Gasteiger partial charge in [-0.25, -0.2) is 0 Å². The van der Waals surface area contributed by atoms with E-state index in [2.05, 4.69) is 38.3 Å². The van der Waals surface area contributed by atoms with Crippen LogP contribution in [0.5, 0.6) is 0 Å². The van der Waals surface area contributed by atoms with Crippen LogP contribution in [-0.2, 0) is 47.6 Å². The Kier molecular flexibility index (Phi) is 76.6. The van der Waals surface area contributed by atoms with E-state index < -0.39 is 0 Å². The topological polar surface area (TPSA) is 148 Å². The van der Waals surface area contributed by atoms with Crippen LogP contribution in [0.1, 0.15) is 413 Å². The van der Waals surface area contributed by atoms with Gasteiger partial charge >= 0.3 is 11.9 Å². The van der Waals surface area contributed by atoms with Crippen molar-refractivity contribution in [3.63, 3.8) is 0 Å². The summed E-state index contributed by atoms with van der Waals surface area (Å²) in [6, 6.07) is 0. The van der Waals surface area contributed by atoms with E-state index >= 15 is 0 Å². The Labute approximate surface area is 595 Å². The highest BCUT2D eigenvalue weighted by Crippen LogP contribution is 2.36. The lowest BCUT2D eigenvalue weighted by molar-refractivity contribution is -0.146. The maximum Gasteiger partial charge on any atom is 0.305 e. The number of carbonyl (C=O) groups excluding carboxylic acids is 4. The Morgan fingerprint density at radius 2 is 0.438 bits per heavy atom. The largest absolute Gasteiger partial charge is 0.463 e. The predicted molar refractivity (Wildman–Crippen MR) is 407 cm³/mol. The summed E-state index contributed by atoms with van der Waals surface area (Å²) >= 11 is 0. The second-order valence-electron chi connectivity index (χ2n) is 29.3. The van der Waals surface area contributed by atoms with E-state index in [0.717, 1.165) is 75.0 Å². The van der Waals surface area contributed by atoms with Gasteiger partial charge in [-0.05, 0) is 49.4 Å². The van der Waals surface area contributed by atoms with Gasteiger partial charge < -0.3 is 39.1 Å². The first-order valence-corrected chi connectivity index (χ1v) is 42.2. The van der Waals surface area contributed by atoms with E-state index in [0.29, 0.717) is 91.6 Å². The fourth-order valence-corrected chi connectivity index (χ4v) is 14.4. The van der Waals surface area contributed by atoms with Gasteiger partial charge in [0.05, 0.1) is 39.6 Å². The molecule has 0 heterocycles. The summed E-state index contributed by atoms with van der Waals surface area (Å²) in [4.78, 5) is 49.8. The number of carbonyl (C=O) groups is 4. The van der Waals surface area contributed by atoms with E-state index in [1.54, 1.807) is 14.2 Å². The van der Waals surface area contributed by atoms with Crippen LogP contribution >= 0.6 is 0 Å². The number of rotatable bonds is 81. The maximum absolute atomic E-state index is 12.7. The first-order valence-electron chi connectivity index (χ1n) is 42.2. The van der Waals surface area contributed by atoms with Crippen LogP contribution in [0.25, 0.3) is 0 Å². The molecule has 96 heavy (non-hydrogen) atoms. The molecule has 0 bridgehead atoms. The van der Waals surface area contributed by atoms with E-state index in [1.165, 1.54) is 308 Å². The van der Waals surface area contributed by atoms with Crippen LogP contribution in [0, 0.1) is 23.7 Å². The number of ether oxygens (including phenoxy) is 6. The molecular formula is C84H164N2O10. The molecule has 12 heteroatoms. The van der Waals surface area contributed by atoms with Crippen LogP contribution in [0.2, 0.25) is 0 Å². The van der Waals surface area contributed by atoms with E-state index in [9.17, 15) is 19.2 Å². The predicted octanol–water partition coefficient (Wildman–Crippen LogP) is 23.6. The van der Waals surface area contributed by atoms with Gasteiger partial charge in [0.25, 0.3) is 0 Å². The quantitative estimate of drug-likeness (QED) is 0.0445. The molecule has 0 radical (unpaired) electrons. The van der Waals surface area contributed by atoms with Crippen molar-refractivity contribution < 1.29 is 47.6 Å². The van der Waals surface area contributed by atoms with Crippen molar-refractivity contribution in [2.24, 2.45) is 23.7 Å². The minimum atomic E-state index is -0.106. The Balaban J connectivity index is 4.76. The molecule has 2 N–H and O–H groups in total. The summed E-state index contributed by atoms with van der Waals surface area (Å²) in [5, 5.41) is 6.13. The fourth-order valence-electron chi connectivity index (χ4n) is 14.4. The minimum Gasteiger partial charge on any atom is -0.463 e. The average molecular weight is 1360 g/mol. The van der Waals surface area contributed by atoms with Crippen LogP contribution in [0.4, 0.5) is 0 Å². The first-order chi connectivity index (χ1) is 47.3. The zero-order chi connectivity index (χ0) is 69.8. The average Bonchev–Trinajstić information content (AvgIpc) is 2.20. The molecule has 0 saturated heterocycles. The highest BCUT2D eigenvalue weighted by atomic mass is 16.6. The number of esters is 2. The molecule has 0 spiro atoms. The van der Waals surface area contributed by atoms with Gasteiger partial charge in [0.15, 0.2) is 0 Å². The molecule has 4 unspecified atom stereocenters. The Morgan fingerprint density at radius 1 is 0.240 bits per heavy atom. The molecule has 2 amide bonds. The lowest BCUT2D eigenvalue weighted by atomic mass is 9.78. The van der Waals surface area contributed by atoms with Crippen molar-refractivity contribution in [2.45, 2.75) is 413 Å². The highest BCUT2D eigenvalue weighted by molar-refractivity contribution is 5.77. The minimum absolute atomic E-state index is 0.106. The van der Waals surface area contributed by atoms with Gasteiger partial charge in [0.1, 0.15) is 13.2 Å². The molecule has 0 aromatic rings. The number of amides is 2. The van der Waals surface area contributed by atoms with Gasteiger partial charge in [-0.2, -0.15) is 0 Å². The third-order valence-electron chi connectivity index (χ3n) is 20.5. The summed E-state index contributed by atoms with van der Waals surface area (Å²) in [5.74, 6) is 3.43. The van der Waals surface area contributed by atoms with Gasteiger partial charge in [-0.15, -0.1) is 0 Å². The van der Waals surface area contributed by atoms with Gasteiger partial charge in [0, 0.05) is 53.0 Å². The fraction of sp³-hybridized carbons (Fsp3) is 0.952. The third kappa shape index (κ3) is 68.8. The molecule has 0 rings (SSSR count). The second kappa shape index (κ2) is 78.4. The number of hydrogen-bond acceptors (Lipinski definition) is 10. The molecule has 0 aliphatic rings. The molecule has 0 fully saturated rings. The van der Waals surface area contributed by atoms with E-state index in [1.807, 2.05) is 0 Å². The molecule has 12 nitrogen and oxygen atoms in total. The molecule has 0 aliphatic carbocycles. The number of unbranched alkanes of at least 4 members (excludes halogenated alkanes) is 40. The third-order valence-corrected chi connectivity index (χ3v) is 20.5. The van der Waals surface area contributed by atoms with E-state index in [4.69, 9.17) is 28.4 Å². The summed E-state index contributed by atoms with van der Waals surface area (Å²) in [6.45, 7) is 13.9. The van der Waals surface area contributed by atoms with Gasteiger partial charge in [-0.3, -0.25) is 19.2 Å². The number of methoxy groups -OCH3 is 2. The van der Waals surface area contributed by atoms with Crippen molar-refractivity contribution in [1.29, 1.82) is 0 Å². The monoisotopic (exact) mass is 1360 g/mol. The number of hydrogen-bond donors (Lipinski definition) is 2. The first kappa shape index (κ1) is 93.7. The molecule has 0 aromatic carbocycles. The molecule has 4 atom stereocenters. The Hall–Kier alpha value is -2.28. The van der Waals surface area contributed by atoms with Crippen LogP contribution < -0.4 is 10.6 Å². The van der Waals surface area contributed by atoms with Crippen LogP contribution in [0.3, 0.4) is 0 Å². The van der Waals surface area contributed by atoms with Crippen molar-refractivity contribution in [3.8, 4) is 0 Å². The molecule has 0 aliphatic heterocycles. The van der Waals surface area contributed by atoms with Crippen molar-refractivity contribution in [1.82, 2.24) is 10.6 Å². The van der Waals surface area contributed by atoms with Gasteiger partial charge in [-0.1, -0.05) is 362 Å². The highest BCUT2D eigenvalue weighted by Gasteiger charge is 2.23. The summed E-state index contributed by atoms with van der Waals surface area (Å²) in [6.07, 6.45) is 74.9. The number of nitrogens with one attached hydrogen (secondary N) is 2. The molecule has 0 saturated carbocycles. The molecule has 570 valence electrons. The summed E-state index contributed by atoms with van der Waals surface area (Å²) in [5.41, 5.74) is 0. The smallest absolute Gasteiger partial charge is 0.305 e. The van der Waals surface area contributed by atoms with Crippen molar-refractivity contribution >= 4 is 23.8 Å². The SMILES string of the molecule is CCCCCCCCC(CCCCCCCCC(=O)NCCNC(=O)CCCCCCCCC(CCCCCCCC)C(CCCCCCCC)CCCCCCCCC(=O)OCCOCCOC)C(CCCCCCCC)CCCCCCCCC(=O)OCCOCCOC. The molecule has 0 aromatic heterocycles. The standard InChI is InChI=1S/C84H164N2O10/c1-7-11-15-19-31-43-55-77(79(57-45-33-21-17-13-9-3)61-49-37-25-29-41-53-65-83(89)95-75-73-93-71-69-91-5)59-47-35-23-27-39-51-63-81(87)85-67-68-86-82(88)64-52-40-28-24-36-48-60-78(56-44-32-20-16-12-8-2)80(58-46-34-22-18-14-10-4)62-50-38-26-30-42-54-66-84(90)96-76-74-94-72-70-92-6/h77-80H,7-76H2,1-6H3,(H,85,87)(H,86,88). The Morgan fingerprint density at radius 3 is 0.667 bits per heavy atom. The lowest BCUT2D eigenvalue weighted by Crippen LogP contribution is -2.34. The van der Waals surface area contributed by atoms with Crippen LogP contribution in [0.15, 0.2) is 0 Å². The van der Waals surface area contributed by atoms with E-state index in [-0.39, 0.29) is 23.8 Å². The van der Waals surface area contributed by atoms with Crippen molar-refractivity contribution in [3.05, 3.63) is 0 Å². The zero-order valence-electron chi connectivity index (χ0n) is 64.9. The van der Waals surface area contributed by atoms with Gasteiger partial charge in [0.2, 0.25) is 11.8 Å².